The van der Waals surface area contributed by atoms with Crippen molar-refractivity contribution in [1.82, 2.24) is 19.9 Å². The first-order valence-corrected chi connectivity index (χ1v) is 12.9. The Bertz CT molecular complexity index is 1170. The van der Waals surface area contributed by atoms with Crippen molar-refractivity contribution in [2.75, 3.05) is 44.3 Å². The molecule has 2 fully saturated rings. The van der Waals surface area contributed by atoms with Crippen molar-refractivity contribution in [3.8, 4) is 6.01 Å². The molecular formula is C21H24F4N4O5S. The van der Waals surface area contributed by atoms with Crippen molar-refractivity contribution in [1.29, 1.82) is 0 Å². The average molecular weight is 521 g/mol. The lowest BCUT2D eigenvalue weighted by Crippen LogP contribution is -2.53. The fraction of sp³-hybridized carbons (Fsp3) is 0.571. The van der Waals surface area contributed by atoms with Crippen molar-refractivity contribution >= 4 is 15.9 Å². The summed E-state index contributed by atoms with van der Waals surface area (Å²) < 4.78 is 87.8. The van der Waals surface area contributed by atoms with Gasteiger partial charge in [-0.1, -0.05) is 6.07 Å². The number of carbonyl (C=O) groups is 1. The van der Waals surface area contributed by atoms with Crippen LogP contribution in [0.3, 0.4) is 0 Å². The molecule has 0 bridgehead atoms. The maximum Gasteiger partial charge on any atom is 0.416 e. The van der Waals surface area contributed by atoms with E-state index in [-0.39, 0.29) is 61.6 Å². The number of amides is 2. The van der Waals surface area contributed by atoms with Gasteiger partial charge >= 0.3 is 18.2 Å². The van der Waals surface area contributed by atoms with Crippen molar-refractivity contribution in [2.45, 2.75) is 31.4 Å². The lowest BCUT2D eigenvalue weighted by atomic mass is 9.84. The van der Waals surface area contributed by atoms with E-state index in [1.165, 1.54) is 9.80 Å². The van der Waals surface area contributed by atoms with Gasteiger partial charge in [-0.05, 0) is 36.2 Å². The molecule has 3 heterocycles. The predicted molar refractivity (Wildman–Crippen MR) is 114 cm³/mol. The van der Waals surface area contributed by atoms with Crippen LogP contribution in [0, 0.1) is 5.82 Å². The first-order chi connectivity index (χ1) is 16.5. The Morgan fingerprint density at radius 1 is 1.17 bits per heavy atom. The monoisotopic (exact) mass is 520 g/mol. The minimum Gasteiger partial charge on any atom is -0.462 e. The lowest BCUT2D eigenvalue weighted by Gasteiger charge is -2.40. The van der Waals surface area contributed by atoms with E-state index in [9.17, 15) is 30.8 Å². The summed E-state index contributed by atoms with van der Waals surface area (Å²) in [5, 5.41) is 3.72. The number of alkyl halides is 3. The van der Waals surface area contributed by atoms with E-state index in [2.05, 4.69) is 10.1 Å². The molecule has 192 valence electrons. The molecule has 0 spiro atoms. The molecule has 4 rings (SSSR count). The van der Waals surface area contributed by atoms with Crippen LogP contribution in [0.1, 0.15) is 42.2 Å². The van der Waals surface area contributed by atoms with Gasteiger partial charge in [-0.15, -0.1) is 0 Å². The smallest absolute Gasteiger partial charge is 0.416 e. The molecule has 2 unspecified atom stereocenters. The highest BCUT2D eigenvalue weighted by atomic mass is 32.2. The lowest BCUT2D eigenvalue weighted by molar-refractivity contribution is -0.137. The molecule has 2 amide bonds. The van der Waals surface area contributed by atoms with Gasteiger partial charge in [-0.2, -0.15) is 18.2 Å². The number of rotatable bonds is 4. The molecular weight excluding hydrogens is 496 g/mol. The minimum absolute atomic E-state index is 0.00412. The van der Waals surface area contributed by atoms with Gasteiger partial charge in [0, 0.05) is 32.1 Å². The predicted octanol–water partition coefficient (Wildman–Crippen LogP) is 3.05. The molecule has 2 aliphatic rings. The molecule has 2 aromatic rings. The summed E-state index contributed by atoms with van der Waals surface area (Å²) in [6.45, 7) is 2.25. The first-order valence-electron chi connectivity index (χ1n) is 11.0. The van der Waals surface area contributed by atoms with Gasteiger partial charge in [0.15, 0.2) is 9.84 Å². The second-order valence-electron chi connectivity index (χ2n) is 8.54. The normalized spacial score (nSPS) is 22.8. The van der Waals surface area contributed by atoms with E-state index >= 15 is 0 Å². The van der Waals surface area contributed by atoms with Crippen LogP contribution in [0.2, 0.25) is 0 Å². The molecule has 0 N–H and O–H groups in total. The van der Waals surface area contributed by atoms with Crippen molar-refractivity contribution < 1.29 is 40.0 Å². The van der Waals surface area contributed by atoms with E-state index in [0.717, 1.165) is 12.1 Å². The Morgan fingerprint density at radius 3 is 2.49 bits per heavy atom. The summed E-state index contributed by atoms with van der Waals surface area (Å²) in [5.41, 5.74) is -1.07. The maximum absolute atomic E-state index is 14.8. The summed E-state index contributed by atoms with van der Waals surface area (Å²) in [7, 11) is -3.21. The molecule has 2 atom stereocenters. The number of hydrogen-bond acceptors (Lipinski definition) is 7. The van der Waals surface area contributed by atoms with Crippen molar-refractivity contribution in [3.63, 3.8) is 0 Å². The number of piperidine rings is 1. The summed E-state index contributed by atoms with van der Waals surface area (Å²) >= 11 is 0. The number of benzene rings is 1. The number of ether oxygens (including phenoxy) is 1. The minimum atomic E-state index is -4.69. The Morgan fingerprint density at radius 2 is 1.86 bits per heavy atom. The number of aromatic nitrogens is 2. The average Bonchev–Trinajstić information content (AvgIpc) is 3.27. The summed E-state index contributed by atoms with van der Waals surface area (Å²) in [6, 6.07) is 1.90. The highest BCUT2D eigenvalue weighted by Gasteiger charge is 2.39. The number of hydrogen-bond donors (Lipinski definition) is 0. The van der Waals surface area contributed by atoms with E-state index in [1.807, 2.05) is 0 Å². The molecule has 0 saturated carbocycles. The summed E-state index contributed by atoms with van der Waals surface area (Å²) in [4.78, 5) is 20.2. The highest BCUT2D eigenvalue weighted by Crippen LogP contribution is 2.39. The van der Waals surface area contributed by atoms with E-state index < -0.39 is 45.3 Å². The highest BCUT2D eigenvalue weighted by molar-refractivity contribution is 7.91. The number of carbonyl (C=O) groups excluding carboxylic acids is 1. The number of halogens is 4. The van der Waals surface area contributed by atoms with E-state index in [4.69, 9.17) is 9.26 Å². The zero-order valence-electron chi connectivity index (χ0n) is 18.8. The van der Waals surface area contributed by atoms with Crippen molar-refractivity contribution in [3.05, 3.63) is 41.0 Å². The number of nitrogens with zero attached hydrogens (tertiary/aromatic N) is 4. The third kappa shape index (κ3) is 5.68. The van der Waals surface area contributed by atoms with E-state index in [0.29, 0.717) is 12.7 Å². The molecule has 0 radical (unpaired) electrons. The Kier molecular flexibility index (Phi) is 6.93. The van der Waals surface area contributed by atoms with Gasteiger partial charge in [0.05, 0.1) is 29.6 Å². The molecule has 14 heteroatoms. The summed E-state index contributed by atoms with van der Waals surface area (Å²) in [5.74, 6) is -2.37. The van der Waals surface area contributed by atoms with Crippen LogP contribution in [0.15, 0.2) is 22.7 Å². The molecule has 0 aliphatic carbocycles. The molecule has 35 heavy (non-hydrogen) atoms. The second-order valence-corrected chi connectivity index (χ2v) is 10.8. The SMILES string of the molecule is CCOc1noc(C2CC(c3ccc(C(F)(F)F)cc3F)CN(C(=O)N3CCS(=O)(=O)CC3)C2)n1. The fourth-order valence-corrected chi connectivity index (χ4v) is 5.57. The van der Waals surface area contributed by atoms with Gasteiger partial charge in [-0.3, -0.25) is 0 Å². The summed E-state index contributed by atoms with van der Waals surface area (Å²) in [6.07, 6.45) is -4.45. The standard InChI is InChI=1S/C21H24F4N4O5S/c1-2-33-19-26-18(34-27-19)14-9-13(16-4-3-15(10-17(16)22)21(23,24)25)11-29(12-14)20(30)28-5-7-35(31,32)8-6-28/h3-4,10,13-14H,2,5-9,11-12H2,1H3. The largest absolute Gasteiger partial charge is 0.462 e. The van der Waals surface area contributed by atoms with Crippen LogP contribution in [-0.4, -0.2) is 78.7 Å². The van der Waals surface area contributed by atoms with Crippen molar-refractivity contribution in [2.24, 2.45) is 0 Å². The maximum atomic E-state index is 14.8. The second kappa shape index (κ2) is 9.63. The Labute approximate surface area is 198 Å². The first kappa shape index (κ1) is 25.2. The molecule has 2 saturated heterocycles. The van der Waals surface area contributed by atoms with Gasteiger partial charge in [0.2, 0.25) is 5.89 Å². The van der Waals surface area contributed by atoms with Gasteiger partial charge in [0.25, 0.3) is 0 Å². The van der Waals surface area contributed by atoms with Crippen LogP contribution in [0.5, 0.6) is 6.01 Å². The Balaban J connectivity index is 1.61. The van der Waals surface area contributed by atoms with Crippen LogP contribution in [-0.2, 0) is 16.0 Å². The molecule has 1 aromatic heterocycles. The number of sulfone groups is 1. The Hall–Kier alpha value is -2.90. The quantitative estimate of drug-likeness (QED) is 0.571. The van der Waals surface area contributed by atoms with Crippen LogP contribution in [0.25, 0.3) is 0 Å². The zero-order valence-corrected chi connectivity index (χ0v) is 19.6. The number of urea groups is 1. The third-order valence-corrected chi connectivity index (χ3v) is 7.76. The molecule has 1 aromatic carbocycles. The van der Waals surface area contributed by atoms with Crippen LogP contribution >= 0.6 is 0 Å². The van der Waals surface area contributed by atoms with E-state index in [1.54, 1.807) is 6.92 Å². The van der Waals surface area contributed by atoms with Gasteiger partial charge in [0.1, 0.15) is 5.82 Å². The third-order valence-electron chi connectivity index (χ3n) is 6.15. The number of likely N-dealkylation sites (tertiary alicyclic amines) is 1. The zero-order chi connectivity index (χ0) is 25.4. The topological polar surface area (TPSA) is 106 Å². The van der Waals surface area contributed by atoms with Gasteiger partial charge < -0.3 is 19.1 Å². The van der Waals surface area contributed by atoms with Crippen LogP contribution in [0.4, 0.5) is 22.4 Å². The fourth-order valence-electron chi connectivity index (χ4n) is 4.37. The van der Waals surface area contributed by atoms with Crippen LogP contribution < -0.4 is 4.74 Å². The molecule has 9 nitrogen and oxygen atoms in total. The molecule has 2 aliphatic heterocycles. The van der Waals surface area contributed by atoms with Gasteiger partial charge in [-0.25, -0.2) is 17.6 Å².